The zero-order valence-corrected chi connectivity index (χ0v) is 21.6. The number of carbonyl (C=O) groups is 1. The van der Waals surface area contributed by atoms with Crippen molar-refractivity contribution >= 4 is 28.9 Å². The van der Waals surface area contributed by atoms with E-state index in [0.29, 0.717) is 43.4 Å². The lowest BCUT2D eigenvalue weighted by molar-refractivity contribution is -0.140. The molecular weight excluding hydrogens is 513 g/mol. The first-order valence-corrected chi connectivity index (χ1v) is 12.5. The zero-order valence-electron chi connectivity index (χ0n) is 20.8. The molecule has 2 aromatic heterocycles. The SMILES string of the molecule is COc1cc(N2CCC(Oc3ncc(N4CC[C@@H](C)[C@@H]4CC(=O)O)cc3C(F)(F)F)C(C)C2)c(Cl)cn1. The van der Waals surface area contributed by atoms with Crippen molar-refractivity contribution in [3.8, 4) is 11.8 Å². The summed E-state index contributed by atoms with van der Waals surface area (Å²) in [5.41, 5.74) is 0.0302. The van der Waals surface area contributed by atoms with E-state index in [-0.39, 0.29) is 23.9 Å². The molecule has 0 bridgehead atoms. The average molecular weight is 543 g/mol. The number of aliphatic carboxylic acids is 1. The van der Waals surface area contributed by atoms with Gasteiger partial charge < -0.3 is 24.4 Å². The van der Waals surface area contributed by atoms with Crippen LogP contribution >= 0.6 is 11.6 Å². The number of hydrogen-bond acceptors (Lipinski definition) is 7. The summed E-state index contributed by atoms with van der Waals surface area (Å²) in [6.45, 7) is 5.32. The molecule has 2 fully saturated rings. The molecule has 8 nitrogen and oxygen atoms in total. The third-order valence-electron chi connectivity index (χ3n) is 7.19. The Morgan fingerprint density at radius 2 is 1.92 bits per heavy atom. The van der Waals surface area contributed by atoms with Crippen molar-refractivity contribution < 1.29 is 32.5 Å². The first kappa shape index (κ1) is 27.1. The Balaban J connectivity index is 1.53. The maximum Gasteiger partial charge on any atom is 0.421 e. The molecule has 202 valence electrons. The van der Waals surface area contributed by atoms with E-state index in [2.05, 4.69) is 9.97 Å². The van der Waals surface area contributed by atoms with Gasteiger partial charge in [0.15, 0.2) is 0 Å². The van der Waals surface area contributed by atoms with E-state index in [1.165, 1.54) is 19.5 Å². The Bertz CT molecular complexity index is 1140. The summed E-state index contributed by atoms with van der Waals surface area (Å²) in [4.78, 5) is 23.2. The molecule has 37 heavy (non-hydrogen) atoms. The van der Waals surface area contributed by atoms with E-state index in [4.69, 9.17) is 21.1 Å². The predicted octanol–water partition coefficient (Wildman–Crippen LogP) is 5.14. The fraction of sp³-hybridized carbons (Fsp3) is 0.560. The molecule has 0 radical (unpaired) electrons. The summed E-state index contributed by atoms with van der Waals surface area (Å²) in [6.07, 6.45) is -1.30. The number of carboxylic acid groups (broad SMARTS) is 1. The van der Waals surface area contributed by atoms with Gasteiger partial charge in [-0.25, -0.2) is 9.97 Å². The molecule has 0 amide bonds. The molecule has 12 heteroatoms. The van der Waals surface area contributed by atoms with Crippen molar-refractivity contribution in [2.45, 2.75) is 51.4 Å². The molecule has 2 unspecified atom stereocenters. The quantitative estimate of drug-likeness (QED) is 0.514. The number of rotatable bonds is 7. The van der Waals surface area contributed by atoms with E-state index >= 15 is 0 Å². The lowest BCUT2D eigenvalue weighted by Gasteiger charge is -2.38. The highest BCUT2D eigenvalue weighted by Gasteiger charge is 2.40. The number of halogens is 4. The van der Waals surface area contributed by atoms with Crippen molar-refractivity contribution in [2.24, 2.45) is 11.8 Å². The average Bonchev–Trinajstić information content (AvgIpc) is 3.19. The highest BCUT2D eigenvalue weighted by atomic mass is 35.5. The van der Waals surface area contributed by atoms with Crippen LogP contribution in [-0.4, -0.2) is 59.9 Å². The summed E-state index contributed by atoms with van der Waals surface area (Å²) in [5, 5.41) is 9.72. The molecule has 1 N–H and O–H groups in total. The molecular formula is C25H30ClF3N4O4. The van der Waals surface area contributed by atoms with Crippen LogP contribution in [0.4, 0.5) is 24.5 Å². The van der Waals surface area contributed by atoms with Crippen molar-refractivity contribution in [2.75, 3.05) is 36.5 Å². The Hall–Kier alpha value is -2.95. The van der Waals surface area contributed by atoms with Crippen LogP contribution in [0.1, 0.15) is 38.7 Å². The van der Waals surface area contributed by atoms with Crippen LogP contribution in [0.15, 0.2) is 24.5 Å². The minimum Gasteiger partial charge on any atom is -0.481 e. The molecule has 2 aromatic rings. The number of methoxy groups -OCH3 is 1. The smallest absolute Gasteiger partial charge is 0.421 e. The minimum absolute atomic E-state index is 0.0428. The fourth-order valence-electron chi connectivity index (χ4n) is 5.14. The van der Waals surface area contributed by atoms with Gasteiger partial charge >= 0.3 is 12.1 Å². The lowest BCUT2D eigenvalue weighted by Crippen LogP contribution is -2.45. The predicted molar refractivity (Wildman–Crippen MR) is 133 cm³/mol. The third kappa shape index (κ3) is 5.97. The molecule has 0 spiro atoms. The number of hydrogen-bond donors (Lipinski definition) is 1. The van der Waals surface area contributed by atoms with E-state index in [0.717, 1.165) is 11.8 Å². The molecule has 2 aliphatic heterocycles. The van der Waals surface area contributed by atoms with Crippen LogP contribution in [0.3, 0.4) is 0 Å². The van der Waals surface area contributed by atoms with Crippen LogP contribution in [0.5, 0.6) is 11.8 Å². The van der Waals surface area contributed by atoms with E-state index in [1.54, 1.807) is 11.0 Å². The second-order valence-electron chi connectivity index (χ2n) is 9.71. The van der Waals surface area contributed by atoms with Gasteiger partial charge in [0, 0.05) is 44.1 Å². The monoisotopic (exact) mass is 542 g/mol. The number of pyridine rings is 2. The number of ether oxygens (including phenoxy) is 2. The first-order chi connectivity index (χ1) is 17.5. The van der Waals surface area contributed by atoms with Gasteiger partial charge in [0.1, 0.15) is 11.7 Å². The Morgan fingerprint density at radius 1 is 1.16 bits per heavy atom. The van der Waals surface area contributed by atoms with E-state index in [1.807, 2.05) is 18.7 Å². The maximum absolute atomic E-state index is 14.1. The van der Waals surface area contributed by atoms with Crippen molar-refractivity contribution in [1.82, 2.24) is 9.97 Å². The van der Waals surface area contributed by atoms with Gasteiger partial charge in [0.2, 0.25) is 11.8 Å². The van der Waals surface area contributed by atoms with Gasteiger partial charge in [0.05, 0.1) is 42.3 Å². The number of anilines is 2. The number of nitrogens with zero attached hydrogens (tertiary/aromatic N) is 4. The second-order valence-corrected chi connectivity index (χ2v) is 10.1. The summed E-state index contributed by atoms with van der Waals surface area (Å²) >= 11 is 6.32. The van der Waals surface area contributed by atoms with Gasteiger partial charge in [-0.3, -0.25) is 4.79 Å². The molecule has 4 heterocycles. The van der Waals surface area contributed by atoms with E-state index in [9.17, 15) is 23.1 Å². The lowest BCUT2D eigenvalue weighted by atomic mass is 9.96. The normalized spacial score (nSPS) is 24.3. The van der Waals surface area contributed by atoms with Gasteiger partial charge in [-0.15, -0.1) is 0 Å². The molecule has 0 aliphatic carbocycles. The Labute approximate surface area is 218 Å². The van der Waals surface area contributed by atoms with Crippen LogP contribution in [0.25, 0.3) is 0 Å². The van der Waals surface area contributed by atoms with Crippen LogP contribution in [-0.2, 0) is 11.0 Å². The summed E-state index contributed by atoms with van der Waals surface area (Å²) in [7, 11) is 1.51. The standard InChI is InChI=1S/C25H30ClF3N4O4/c1-14-4-7-33(19(14)10-23(34)35)16-8-17(25(27,28)29)24(31-11-16)37-21-5-6-32(13-15(21)2)20-9-22(36-3)30-12-18(20)26/h8-9,11-12,14-15,19,21H,4-7,10,13H2,1-3H3,(H,34,35)/t14-,15?,19+,21?/m1/s1. The Kier molecular flexibility index (Phi) is 7.91. The first-order valence-electron chi connectivity index (χ1n) is 12.1. The maximum atomic E-state index is 14.1. The van der Waals surface area contributed by atoms with Crippen LogP contribution < -0.4 is 19.3 Å². The summed E-state index contributed by atoms with van der Waals surface area (Å²) in [6, 6.07) is 2.36. The molecule has 0 saturated carbocycles. The molecule has 2 saturated heterocycles. The molecule has 0 aromatic carbocycles. The van der Waals surface area contributed by atoms with E-state index < -0.39 is 35.7 Å². The largest absolute Gasteiger partial charge is 0.481 e. The Morgan fingerprint density at radius 3 is 2.57 bits per heavy atom. The van der Waals surface area contributed by atoms with Gasteiger partial charge in [0.25, 0.3) is 0 Å². The summed E-state index contributed by atoms with van der Waals surface area (Å²) < 4.78 is 53.3. The number of piperidine rings is 1. The zero-order chi connectivity index (χ0) is 26.9. The second kappa shape index (κ2) is 10.8. The highest BCUT2D eigenvalue weighted by molar-refractivity contribution is 6.33. The van der Waals surface area contributed by atoms with Gasteiger partial charge in [-0.1, -0.05) is 25.4 Å². The third-order valence-corrected chi connectivity index (χ3v) is 7.48. The van der Waals surface area contributed by atoms with Crippen molar-refractivity contribution in [1.29, 1.82) is 0 Å². The van der Waals surface area contributed by atoms with Gasteiger partial charge in [-0.05, 0) is 18.4 Å². The highest BCUT2D eigenvalue weighted by Crippen LogP contribution is 2.41. The number of aromatic nitrogens is 2. The van der Waals surface area contributed by atoms with Crippen LogP contribution in [0, 0.1) is 11.8 Å². The topological polar surface area (TPSA) is 88.0 Å². The summed E-state index contributed by atoms with van der Waals surface area (Å²) in [5.74, 6) is -1.11. The van der Waals surface area contributed by atoms with Crippen LogP contribution in [0.2, 0.25) is 5.02 Å². The fourth-order valence-corrected chi connectivity index (χ4v) is 5.36. The van der Waals surface area contributed by atoms with Gasteiger partial charge in [-0.2, -0.15) is 13.2 Å². The molecule has 4 rings (SSSR count). The molecule has 2 aliphatic rings. The van der Waals surface area contributed by atoms with Crippen molar-refractivity contribution in [3.05, 3.63) is 35.1 Å². The minimum atomic E-state index is -4.68. The number of carboxylic acids is 1. The number of alkyl halides is 3. The van der Waals surface area contributed by atoms with Crippen molar-refractivity contribution in [3.63, 3.8) is 0 Å². The molecule has 4 atom stereocenters.